The first kappa shape index (κ1) is 20.4. The minimum absolute atomic E-state index is 0.0119. The van der Waals surface area contributed by atoms with Crippen LogP contribution >= 0.6 is 0 Å². The van der Waals surface area contributed by atoms with Crippen LogP contribution in [0, 0.1) is 18.8 Å². The second-order valence-electron chi connectivity index (χ2n) is 8.28. The van der Waals surface area contributed by atoms with E-state index in [4.69, 9.17) is 4.74 Å². The smallest absolute Gasteiger partial charge is 0.410 e. The molecule has 3 atom stereocenters. The highest BCUT2D eigenvalue weighted by atomic mass is 16.6. The standard InChI is InChI=1S/C24H29N3O3/c1-3-4-13-30-24(29)27-15-17-9-11-21(27)22(17)23(28)26-18-10-8-16(2)19(14-18)20-7-5-6-12-25-20/h5-8,10,12,14,17,21-22H,3-4,9,11,13,15H2,1-2H3,(H,26,28). The molecule has 4 rings (SSSR count). The number of unbranched alkanes of at least 4 members (excludes halogenated alkanes) is 1. The number of nitrogens with one attached hydrogen (secondary N) is 1. The lowest BCUT2D eigenvalue weighted by Gasteiger charge is -2.26. The van der Waals surface area contributed by atoms with Gasteiger partial charge in [-0.2, -0.15) is 0 Å². The predicted molar refractivity (Wildman–Crippen MR) is 116 cm³/mol. The van der Waals surface area contributed by atoms with Crippen LogP contribution in [-0.4, -0.2) is 41.1 Å². The molecule has 3 unspecified atom stereocenters. The van der Waals surface area contributed by atoms with E-state index in [1.807, 2.05) is 43.3 Å². The van der Waals surface area contributed by atoms with Crippen LogP contribution in [0.5, 0.6) is 0 Å². The third kappa shape index (κ3) is 4.04. The van der Waals surface area contributed by atoms with E-state index in [1.165, 1.54) is 0 Å². The van der Waals surface area contributed by atoms with E-state index in [1.54, 1.807) is 11.1 Å². The number of aryl methyl sites for hydroxylation is 1. The van der Waals surface area contributed by atoms with Gasteiger partial charge >= 0.3 is 6.09 Å². The van der Waals surface area contributed by atoms with Gasteiger partial charge in [-0.3, -0.25) is 9.78 Å². The Morgan fingerprint density at radius 1 is 1.23 bits per heavy atom. The molecule has 1 aliphatic heterocycles. The van der Waals surface area contributed by atoms with Crippen LogP contribution in [-0.2, 0) is 9.53 Å². The summed E-state index contributed by atoms with van der Waals surface area (Å²) in [6.07, 6.45) is 5.18. The van der Waals surface area contributed by atoms with E-state index in [0.717, 1.165) is 48.2 Å². The maximum absolute atomic E-state index is 13.1. The first-order valence-electron chi connectivity index (χ1n) is 10.8. The minimum Gasteiger partial charge on any atom is -0.449 e. The van der Waals surface area contributed by atoms with Crippen molar-refractivity contribution in [3.05, 3.63) is 48.2 Å². The van der Waals surface area contributed by atoms with Crippen LogP contribution in [0.2, 0.25) is 0 Å². The number of fused-ring (bicyclic) bond motifs is 2. The summed E-state index contributed by atoms with van der Waals surface area (Å²) in [5, 5.41) is 3.09. The lowest BCUT2D eigenvalue weighted by molar-refractivity contribution is -0.120. The number of hydrogen-bond acceptors (Lipinski definition) is 4. The number of aromatic nitrogens is 1. The number of pyridine rings is 1. The third-order valence-electron chi connectivity index (χ3n) is 6.29. The largest absolute Gasteiger partial charge is 0.449 e. The number of piperidine rings is 1. The van der Waals surface area contributed by atoms with Crippen molar-refractivity contribution < 1.29 is 14.3 Å². The molecule has 2 aliphatic rings. The Bertz CT molecular complexity index is 915. The molecule has 2 amide bonds. The van der Waals surface area contributed by atoms with Crippen molar-refractivity contribution in [2.45, 2.75) is 45.6 Å². The van der Waals surface area contributed by atoms with E-state index in [-0.39, 0.29) is 29.9 Å². The Hall–Kier alpha value is -2.89. The summed E-state index contributed by atoms with van der Waals surface area (Å²) < 4.78 is 5.39. The quantitative estimate of drug-likeness (QED) is 0.708. The van der Waals surface area contributed by atoms with Gasteiger partial charge in [-0.25, -0.2) is 4.79 Å². The first-order chi connectivity index (χ1) is 14.6. The van der Waals surface area contributed by atoms with E-state index in [9.17, 15) is 9.59 Å². The summed E-state index contributed by atoms with van der Waals surface area (Å²) in [4.78, 5) is 31.8. The molecule has 2 bridgehead atoms. The number of benzene rings is 1. The Morgan fingerprint density at radius 2 is 2.10 bits per heavy atom. The van der Waals surface area contributed by atoms with E-state index >= 15 is 0 Å². The summed E-state index contributed by atoms with van der Waals surface area (Å²) in [6.45, 7) is 5.16. The molecule has 1 saturated carbocycles. The summed E-state index contributed by atoms with van der Waals surface area (Å²) in [6, 6.07) is 11.6. The number of amides is 2. The molecule has 2 fully saturated rings. The number of anilines is 1. The van der Waals surface area contributed by atoms with E-state index < -0.39 is 0 Å². The van der Waals surface area contributed by atoms with Gasteiger partial charge in [0.1, 0.15) is 0 Å². The topological polar surface area (TPSA) is 71.5 Å². The lowest BCUT2D eigenvalue weighted by Crippen LogP contribution is -2.40. The van der Waals surface area contributed by atoms with Gasteiger partial charge in [-0.15, -0.1) is 0 Å². The molecule has 6 heteroatoms. The van der Waals surface area contributed by atoms with Gasteiger partial charge in [-0.05, 0) is 61.9 Å². The normalized spacial score (nSPS) is 22.2. The second kappa shape index (κ2) is 8.86. The van der Waals surface area contributed by atoms with E-state index in [0.29, 0.717) is 13.2 Å². The highest BCUT2D eigenvalue weighted by Crippen LogP contribution is 2.43. The summed E-state index contributed by atoms with van der Waals surface area (Å²) >= 11 is 0. The van der Waals surface area contributed by atoms with Gasteiger partial charge in [0.15, 0.2) is 0 Å². The van der Waals surface area contributed by atoms with Crippen LogP contribution in [0.1, 0.15) is 38.2 Å². The highest BCUT2D eigenvalue weighted by molar-refractivity contribution is 5.95. The van der Waals surface area contributed by atoms with Gasteiger partial charge in [0, 0.05) is 30.0 Å². The van der Waals surface area contributed by atoms with Crippen molar-refractivity contribution in [3.8, 4) is 11.3 Å². The van der Waals surface area contributed by atoms with Gasteiger partial charge < -0.3 is 15.0 Å². The number of carbonyl (C=O) groups excluding carboxylic acids is 2. The summed E-state index contributed by atoms with van der Waals surface area (Å²) in [5.41, 5.74) is 3.75. The van der Waals surface area contributed by atoms with Crippen molar-refractivity contribution >= 4 is 17.7 Å². The molecule has 1 aromatic carbocycles. The average Bonchev–Trinajstić information content (AvgIpc) is 3.34. The van der Waals surface area contributed by atoms with Gasteiger partial charge in [0.25, 0.3) is 0 Å². The maximum Gasteiger partial charge on any atom is 0.410 e. The molecule has 1 aliphatic carbocycles. The zero-order valence-electron chi connectivity index (χ0n) is 17.6. The zero-order valence-corrected chi connectivity index (χ0v) is 17.6. The first-order valence-corrected chi connectivity index (χ1v) is 10.8. The molecule has 0 spiro atoms. The predicted octanol–water partition coefficient (Wildman–Crippen LogP) is 4.64. The van der Waals surface area contributed by atoms with Crippen LogP contribution < -0.4 is 5.32 Å². The summed E-state index contributed by atoms with van der Waals surface area (Å²) in [5.74, 6) is 0.0138. The Morgan fingerprint density at radius 3 is 2.87 bits per heavy atom. The number of likely N-dealkylation sites (tertiary alicyclic amines) is 1. The van der Waals surface area contributed by atoms with Crippen LogP contribution in [0.15, 0.2) is 42.6 Å². The number of ether oxygens (including phenoxy) is 1. The van der Waals surface area contributed by atoms with Crippen LogP contribution in [0.4, 0.5) is 10.5 Å². The Labute approximate surface area is 177 Å². The lowest BCUT2D eigenvalue weighted by atomic mass is 9.97. The maximum atomic E-state index is 13.1. The molecule has 2 aromatic rings. The molecule has 158 valence electrons. The number of nitrogens with zero attached hydrogens (tertiary/aromatic N) is 2. The monoisotopic (exact) mass is 407 g/mol. The molecule has 1 N–H and O–H groups in total. The molecule has 6 nitrogen and oxygen atoms in total. The van der Waals surface area contributed by atoms with E-state index in [2.05, 4.69) is 17.2 Å². The SMILES string of the molecule is CCCCOC(=O)N1CC2CCC1C2C(=O)Nc1ccc(C)c(-c2ccccn2)c1. The number of hydrogen-bond donors (Lipinski definition) is 1. The van der Waals surface area contributed by atoms with Crippen LogP contribution in [0.3, 0.4) is 0 Å². The van der Waals surface area contributed by atoms with Gasteiger partial charge in [-0.1, -0.05) is 25.5 Å². The zero-order chi connectivity index (χ0) is 21.1. The van der Waals surface area contributed by atoms with Crippen molar-refractivity contribution in [1.29, 1.82) is 0 Å². The fraction of sp³-hybridized carbons (Fsp3) is 0.458. The molecule has 30 heavy (non-hydrogen) atoms. The average molecular weight is 408 g/mol. The molecular weight excluding hydrogens is 378 g/mol. The van der Waals surface area contributed by atoms with Crippen LogP contribution in [0.25, 0.3) is 11.3 Å². The van der Waals surface area contributed by atoms with Gasteiger partial charge in [0.2, 0.25) is 5.91 Å². The highest BCUT2D eigenvalue weighted by Gasteiger charge is 2.52. The third-order valence-corrected chi connectivity index (χ3v) is 6.29. The second-order valence-corrected chi connectivity index (χ2v) is 8.28. The molecular formula is C24H29N3O3. The molecule has 1 saturated heterocycles. The summed E-state index contributed by atoms with van der Waals surface area (Å²) in [7, 11) is 0. The molecule has 1 aromatic heterocycles. The van der Waals surface area contributed by atoms with Crippen molar-refractivity contribution in [3.63, 3.8) is 0 Å². The fourth-order valence-corrected chi connectivity index (χ4v) is 4.71. The van der Waals surface area contributed by atoms with Crippen molar-refractivity contribution in [2.75, 3.05) is 18.5 Å². The van der Waals surface area contributed by atoms with Gasteiger partial charge in [0.05, 0.1) is 18.2 Å². The molecule has 0 radical (unpaired) electrons. The molecule has 2 heterocycles. The Balaban J connectivity index is 1.45. The Kier molecular flexibility index (Phi) is 6.02. The number of carbonyl (C=O) groups is 2. The fourth-order valence-electron chi connectivity index (χ4n) is 4.71. The number of rotatable bonds is 6. The van der Waals surface area contributed by atoms with Crippen molar-refractivity contribution in [2.24, 2.45) is 11.8 Å². The van der Waals surface area contributed by atoms with Crippen molar-refractivity contribution in [1.82, 2.24) is 9.88 Å². The minimum atomic E-state index is -0.277.